The van der Waals surface area contributed by atoms with Gasteiger partial charge in [-0.1, -0.05) is 12.1 Å². The van der Waals surface area contributed by atoms with Gasteiger partial charge in [0.2, 0.25) is 5.90 Å². The SMILES string of the molecule is CN[C@H](OC(=N)c1cccc(C(C)O)c1)C1=C(N)N(C)CC(C)=N1. The largest absolute Gasteiger partial charge is 0.452 e. The third-order valence-corrected chi connectivity index (χ3v) is 3.83. The number of likely N-dealkylation sites (N-methyl/N-ethyl adjacent to an activating group) is 1. The molecule has 0 saturated carbocycles. The molecule has 0 amide bonds. The molecule has 0 spiro atoms. The van der Waals surface area contributed by atoms with Crippen molar-refractivity contribution in [2.45, 2.75) is 26.2 Å². The van der Waals surface area contributed by atoms with Crippen LogP contribution in [-0.4, -0.2) is 48.5 Å². The summed E-state index contributed by atoms with van der Waals surface area (Å²) in [7, 11) is 3.61. The first kappa shape index (κ1) is 18.0. The van der Waals surface area contributed by atoms with E-state index < -0.39 is 12.3 Å². The zero-order valence-electron chi connectivity index (χ0n) is 14.5. The molecule has 1 aliphatic heterocycles. The first-order valence-electron chi connectivity index (χ1n) is 7.79. The number of hydrogen-bond acceptors (Lipinski definition) is 7. The van der Waals surface area contributed by atoms with Crippen LogP contribution >= 0.6 is 0 Å². The van der Waals surface area contributed by atoms with E-state index in [9.17, 15) is 5.11 Å². The Labute approximate surface area is 142 Å². The van der Waals surface area contributed by atoms with Crippen LogP contribution in [0.1, 0.15) is 31.1 Å². The lowest BCUT2D eigenvalue weighted by molar-refractivity contribution is 0.187. The molecule has 0 aromatic heterocycles. The molecule has 1 aromatic rings. The van der Waals surface area contributed by atoms with Crippen molar-refractivity contribution in [1.82, 2.24) is 10.2 Å². The van der Waals surface area contributed by atoms with Crippen molar-refractivity contribution < 1.29 is 9.84 Å². The van der Waals surface area contributed by atoms with Gasteiger partial charge in [-0.2, -0.15) is 0 Å². The van der Waals surface area contributed by atoms with E-state index in [1.807, 2.05) is 18.9 Å². The molecule has 1 heterocycles. The Hall–Kier alpha value is -2.38. The second kappa shape index (κ2) is 7.46. The summed E-state index contributed by atoms with van der Waals surface area (Å²) in [6.07, 6.45) is -1.24. The van der Waals surface area contributed by atoms with Crippen molar-refractivity contribution in [2.24, 2.45) is 10.7 Å². The maximum absolute atomic E-state index is 9.68. The molecular weight excluding hydrogens is 306 g/mol. The first-order chi connectivity index (χ1) is 11.3. The molecular formula is C17H25N5O2. The van der Waals surface area contributed by atoms with Crippen LogP contribution in [0, 0.1) is 5.41 Å². The molecule has 0 saturated heterocycles. The molecule has 1 unspecified atom stereocenters. The number of rotatable bonds is 5. The van der Waals surface area contributed by atoms with E-state index in [0.717, 1.165) is 11.3 Å². The average Bonchev–Trinajstić information content (AvgIpc) is 2.56. The van der Waals surface area contributed by atoms with E-state index in [-0.39, 0.29) is 5.90 Å². The summed E-state index contributed by atoms with van der Waals surface area (Å²) >= 11 is 0. The molecule has 130 valence electrons. The number of benzene rings is 1. The van der Waals surface area contributed by atoms with Crippen LogP contribution in [0.4, 0.5) is 0 Å². The minimum Gasteiger partial charge on any atom is -0.452 e. The Bertz CT molecular complexity index is 681. The lowest BCUT2D eigenvalue weighted by Gasteiger charge is -2.29. The fourth-order valence-corrected chi connectivity index (χ4v) is 2.49. The van der Waals surface area contributed by atoms with Gasteiger partial charge < -0.3 is 20.5 Å². The Morgan fingerprint density at radius 2 is 2.21 bits per heavy atom. The van der Waals surface area contributed by atoms with Gasteiger partial charge in [0.1, 0.15) is 11.5 Å². The van der Waals surface area contributed by atoms with E-state index in [4.69, 9.17) is 15.9 Å². The molecule has 1 aromatic carbocycles. The van der Waals surface area contributed by atoms with Gasteiger partial charge in [0.25, 0.3) is 0 Å². The van der Waals surface area contributed by atoms with Crippen molar-refractivity contribution in [2.75, 3.05) is 20.6 Å². The molecule has 1 aliphatic rings. The van der Waals surface area contributed by atoms with Crippen molar-refractivity contribution in [1.29, 1.82) is 5.41 Å². The first-order valence-corrected chi connectivity index (χ1v) is 7.79. The van der Waals surface area contributed by atoms with Crippen LogP contribution in [0.25, 0.3) is 0 Å². The summed E-state index contributed by atoms with van der Waals surface area (Å²) in [6, 6.07) is 7.09. The summed E-state index contributed by atoms with van der Waals surface area (Å²) < 4.78 is 5.75. The highest BCUT2D eigenvalue weighted by molar-refractivity contribution is 5.92. The maximum Gasteiger partial charge on any atom is 0.215 e. The molecule has 0 radical (unpaired) electrons. The number of aliphatic hydroxyl groups is 1. The summed E-state index contributed by atoms with van der Waals surface area (Å²) in [4.78, 5) is 6.37. The van der Waals surface area contributed by atoms with E-state index in [0.29, 0.717) is 23.6 Å². The fourth-order valence-electron chi connectivity index (χ4n) is 2.49. The quantitative estimate of drug-likeness (QED) is 0.368. The molecule has 0 aliphatic carbocycles. The number of aliphatic imine (C=N–C) groups is 1. The molecule has 2 atom stereocenters. The zero-order valence-corrected chi connectivity index (χ0v) is 14.5. The normalized spacial score (nSPS) is 17.4. The molecule has 7 nitrogen and oxygen atoms in total. The van der Waals surface area contributed by atoms with Gasteiger partial charge in [0, 0.05) is 18.3 Å². The Balaban J connectivity index is 2.23. The second-order valence-electron chi connectivity index (χ2n) is 5.89. The minimum absolute atomic E-state index is 0.0155. The fraction of sp³-hybridized carbons (Fsp3) is 0.412. The monoisotopic (exact) mass is 331 g/mol. The van der Waals surface area contributed by atoms with Crippen LogP contribution in [0.3, 0.4) is 0 Å². The standard InChI is InChI=1S/C17H25N5O2/c1-10-9-22(4)15(18)14(21-10)17(20-3)24-16(19)13-7-5-6-12(8-13)11(2)23/h5-8,11,17,19-20,23H,9,18H2,1-4H3/t11?,17-/m1/s1. The highest BCUT2D eigenvalue weighted by atomic mass is 16.5. The Morgan fingerprint density at radius 3 is 2.83 bits per heavy atom. The molecule has 5 N–H and O–H groups in total. The third-order valence-electron chi connectivity index (χ3n) is 3.83. The van der Waals surface area contributed by atoms with Crippen LogP contribution in [0.2, 0.25) is 0 Å². The highest BCUT2D eigenvalue weighted by Crippen LogP contribution is 2.19. The van der Waals surface area contributed by atoms with E-state index in [2.05, 4.69) is 10.3 Å². The molecule has 7 heteroatoms. The smallest absolute Gasteiger partial charge is 0.215 e. The second-order valence-corrected chi connectivity index (χ2v) is 5.89. The molecule has 24 heavy (non-hydrogen) atoms. The van der Waals surface area contributed by atoms with Crippen molar-refractivity contribution in [3.05, 3.63) is 46.9 Å². The van der Waals surface area contributed by atoms with Crippen LogP contribution in [-0.2, 0) is 4.74 Å². The predicted molar refractivity (Wildman–Crippen MR) is 94.8 cm³/mol. The zero-order chi connectivity index (χ0) is 17.9. The van der Waals surface area contributed by atoms with E-state index >= 15 is 0 Å². The maximum atomic E-state index is 9.68. The van der Waals surface area contributed by atoms with Gasteiger partial charge >= 0.3 is 0 Å². The van der Waals surface area contributed by atoms with E-state index in [1.54, 1.807) is 38.2 Å². The Kier molecular flexibility index (Phi) is 5.58. The lowest BCUT2D eigenvalue weighted by Crippen LogP contribution is -2.40. The molecule has 0 bridgehead atoms. The highest BCUT2D eigenvalue weighted by Gasteiger charge is 2.24. The van der Waals surface area contributed by atoms with Gasteiger partial charge in [-0.25, -0.2) is 0 Å². The number of nitrogens with zero attached hydrogens (tertiary/aromatic N) is 2. The van der Waals surface area contributed by atoms with Gasteiger partial charge in [-0.3, -0.25) is 15.7 Å². The van der Waals surface area contributed by atoms with Gasteiger partial charge in [-0.15, -0.1) is 0 Å². The Morgan fingerprint density at radius 1 is 1.50 bits per heavy atom. The molecule has 0 fully saturated rings. The number of hydrogen-bond donors (Lipinski definition) is 4. The number of aliphatic hydroxyl groups excluding tert-OH is 1. The van der Waals surface area contributed by atoms with Crippen LogP contribution < -0.4 is 11.1 Å². The summed E-state index contributed by atoms with van der Waals surface area (Å²) in [6.45, 7) is 4.27. The van der Waals surface area contributed by atoms with E-state index in [1.165, 1.54) is 0 Å². The summed E-state index contributed by atoms with van der Waals surface area (Å²) in [5, 5.41) is 20.9. The third kappa shape index (κ3) is 3.93. The van der Waals surface area contributed by atoms with Crippen molar-refractivity contribution in [3.63, 3.8) is 0 Å². The van der Waals surface area contributed by atoms with Crippen LogP contribution in [0.5, 0.6) is 0 Å². The van der Waals surface area contributed by atoms with Gasteiger partial charge in [0.05, 0.1) is 12.6 Å². The van der Waals surface area contributed by atoms with Crippen molar-refractivity contribution in [3.8, 4) is 0 Å². The lowest BCUT2D eigenvalue weighted by atomic mass is 10.1. The number of nitrogens with one attached hydrogen (secondary N) is 2. The molecule has 2 rings (SSSR count). The van der Waals surface area contributed by atoms with Crippen LogP contribution in [0.15, 0.2) is 40.8 Å². The van der Waals surface area contributed by atoms with Crippen molar-refractivity contribution >= 4 is 11.6 Å². The summed E-state index contributed by atoms with van der Waals surface area (Å²) in [5.41, 5.74) is 8.90. The number of nitrogens with two attached hydrogens (primary N) is 1. The minimum atomic E-state index is -0.634. The summed E-state index contributed by atoms with van der Waals surface area (Å²) in [5.74, 6) is 0.503. The predicted octanol–water partition coefficient (Wildman–Crippen LogP) is 1.16. The number of ether oxygens (including phenoxy) is 1. The van der Waals surface area contributed by atoms with Gasteiger partial charge in [-0.05, 0) is 38.6 Å². The van der Waals surface area contributed by atoms with Gasteiger partial charge in [0.15, 0.2) is 6.23 Å². The topological polar surface area (TPSA) is 107 Å². The average molecular weight is 331 g/mol.